The molecule has 0 fully saturated rings. The molecule has 2 N–H and O–H groups in total. The fourth-order valence-electron chi connectivity index (χ4n) is 1.32. The van der Waals surface area contributed by atoms with Gasteiger partial charge in [0, 0.05) is 18.2 Å². The Balaban J connectivity index is 2.41. The molecule has 4 heteroatoms. The predicted octanol–water partition coefficient (Wildman–Crippen LogP) is 1.42. The number of nitrogens with two attached hydrogens (primary N) is 1. The number of oxazole rings is 1. The summed E-state index contributed by atoms with van der Waals surface area (Å²) in [7, 11) is 0. The Kier molecular flexibility index (Phi) is 2.21. The van der Waals surface area contributed by atoms with Crippen molar-refractivity contribution >= 4 is 11.2 Å². The second kappa shape index (κ2) is 3.38. The SMILES string of the molecule is Cc1ccc2oc(CC(C)N)nc2n1. The number of fused-ring (bicyclic) bond motifs is 1. The minimum absolute atomic E-state index is 0.0594. The van der Waals surface area contributed by atoms with Gasteiger partial charge in [0.2, 0.25) is 0 Å². The molecule has 0 saturated heterocycles. The Bertz CT molecular complexity index is 448. The molecule has 0 bridgehead atoms. The van der Waals surface area contributed by atoms with Gasteiger partial charge in [-0.15, -0.1) is 0 Å². The molecule has 0 aliphatic rings. The van der Waals surface area contributed by atoms with E-state index in [-0.39, 0.29) is 6.04 Å². The first-order valence-corrected chi connectivity index (χ1v) is 4.64. The van der Waals surface area contributed by atoms with Gasteiger partial charge in [0.15, 0.2) is 17.1 Å². The quantitative estimate of drug-likeness (QED) is 0.779. The molecule has 0 spiro atoms. The third-order valence-electron chi connectivity index (χ3n) is 1.93. The van der Waals surface area contributed by atoms with Crippen LogP contribution in [0.4, 0.5) is 0 Å². The van der Waals surface area contributed by atoms with E-state index in [0.29, 0.717) is 18.0 Å². The summed E-state index contributed by atoms with van der Waals surface area (Å²) < 4.78 is 5.48. The molecule has 0 aliphatic carbocycles. The topological polar surface area (TPSA) is 64.9 Å². The summed E-state index contributed by atoms with van der Waals surface area (Å²) in [5.74, 6) is 0.660. The minimum Gasteiger partial charge on any atom is -0.439 e. The van der Waals surface area contributed by atoms with Crippen LogP contribution < -0.4 is 5.73 Å². The lowest BCUT2D eigenvalue weighted by Crippen LogP contribution is -2.17. The highest BCUT2D eigenvalue weighted by molar-refractivity contribution is 5.67. The van der Waals surface area contributed by atoms with Crippen LogP contribution in [-0.2, 0) is 6.42 Å². The van der Waals surface area contributed by atoms with Crippen LogP contribution in [0.1, 0.15) is 18.5 Å². The Hall–Kier alpha value is -1.42. The third kappa shape index (κ3) is 1.75. The maximum absolute atomic E-state index is 5.66. The summed E-state index contributed by atoms with van der Waals surface area (Å²) in [6.07, 6.45) is 0.648. The Labute approximate surface area is 82.1 Å². The van der Waals surface area contributed by atoms with Crippen LogP contribution in [0.15, 0.2) is 16.5 Å². The maximum Gasteiger partial charge on any atom is 0.199 e. The van der Waals surface area contributed by atoms with Gasteiger partial charge in [-0.25, -0.2) is 4.98 Å². The average Bonchev–Trinajstić information content (AvgIpc) is 2.44. The number of pyridine rings is 1. The van der Waals surface area contributed by atoms with E-state index >= 15 is 0 Å². The van der Waals surface area contributed by atoms with Crippen molar-refractivity contribution in [3.8, 4) is 0 Å². The first kappa shape index (κ1) is 9.15. The highest BCUT2D eigenvalue weighted by atomic mass is 16.3. The zero-order chi connectivity index (χ0) is 10.1. The molecule has 0 amide bonds. The molecule has 0 aliphatic heterocycles. The van der Waals surface area contributed by atoms with Crippen molar-refractivity contribution in [3.63, 3.8) is 0 Å². The van der Waals surface area contributed by atoms with Crippen molar-refractivity contribution in [2.75, 3.05) is 0 Å². The molecular weight excluding hydrogens is 178 g/mol. The predicted molar refractivity (Wildman–Crippen MR) is 53.9 cm³/mol. The van der Waals surface area contributed by atoms with Gasteiger partial charge < -0.3 is 10.2 Å². The van der Waals surface area contributed by atoms with Crippen LogP contribution in [-0.4, -0.2) is 16.0 Å². The molecule has 0 radical (unpaired) electrons. The van der Waals surface area contributed by atoms with Gasteiger partial charge in [-0.05, 0) is 26.0 Å². The van der Waals surface area contributed by atoms with Gasteiger partial charge in [-0.1, -0.05) is 0 Å². The highest BCUT2D eigenvalue weighted by Crippen LogP contribution is 2.14. The zero-order valence-corrected chi connectivity index (χ0v) is 8.32. The number of rotatable bonds is 2. The van der Waals surface area contributed by atoms with Crippen LogP contribution in [0.25, 0.3) is 11.2 Å². The molecule has 2 aromatic rings. The number of aryl methyl sites for hydroxylation is 1. The number of nitrogens with zero attached hydrogens (tertiary/aromatic N) is 2. The van der Waals surface area contributed by atoms with E-state index in [1.165, 1.54) is 0 Å². The Morgan fingerprint density at radius 2 is 2.21 bits per heavy atom. The number of hydrogen-bond acceptors (Lipinski definition) is 4. The van der Waals surface area contributed by atoms with E-state index in [4.69, 9.17) is 10.2 Å². The average molecular weight is 191 g/mol. The fourth-order valence-corrected chi connectivity index (χ4v) is 1.32. The van der Waals surface area contributed by atoms with E-state index in [1.54, 1.807) is 0 Å². The fraction of sp³-hybridized carbons (Fsp3) is 0.400. The first-order valence-electron chi connectivity index (χ1n) is 4.64. The van der Waals surface area contributed by atoms with E-state index in [1.807, 2.05) is 26.0 Å². The van der Waals surface area contributed by atoms with Crippen LogP contribution in [0, 0.1) is 6.92 Å². The molecular formula is C10H13N3O. The van der Waals surface area contributed by atoms with E-state index in [9.17, 15) is 0 Å². The molecule has 1 unspecified atom stereocenters. The highest BCUT2D eigenvalue weighted by Gasteiger charge is 2.08. The zero-order valence-electron chi connectivity index (χ0n) is 8.32. The summed E-state index contributed by atoms with van der Waals surface area (Å²) in [5, 5.41) is 0. The van der Waals surface area contributed by atoms with Gasteiger partial charge in [-0.3, -0.25) is 0 Å². The first-order chi connectivity index (χ1) is 6.65. The summed E-state index contributed by atoms with van der Waals surface area (Å²) >= 11 is 0. The lowest BCUT2D eigenvalue weighted by Gasteiger charge is -1.97. The smallest absolute Gasteiger partial charge is 0.199 e. The van der Waals surface area contributed by atoms with Gasteiger partial charge in [0.05, 0.1) is 0 Å². The molecule has 4 nitrogen and oxygen atoms in total. The van der Waals surface area contributed by atoms with E-state index in [2.05, 4.69) is 9.97 Å². The summed E-state index contributed by atoms with van der Waals surface area (Å²) in [6, 6.07) is 3.85. The molecule has 0 saturated carbocycles. The monoisotopic (exact) mass is 191 g/mol. The van der Waals surface area contributed by atoms with E-state index < -0.39 is 0 Å². The maximum atomic E-state index is 5.66. The normalized spacial score (nSPS) is 13.4. The molecule has 0 aromatic carbocycles. The second-order valence-corrected chi connectivity index (χ2v) is 3.56. The van der Waals surface area contributed by atoms with Crippen molar-refractivity contribution in [2.24, 2.45) is 5.73 Å². The van der Waals surface area contributed by atoms with Crippen LogP contribution in [0.5, 0.6) is 0 Å². The van der Waals surface area contributed by atoms with Crippen LogP contribution in [0.3, 0.4) is 0 Å². The molecule has 2 heterocycles. The summed E-state index contributed by atoms with van der Waals surface area (Å²) in [4.78, 5) is 8.51. The van der Waals surface area contributed by atoms with Crippen molar-refractivity contribution in [3.05, 3.63) is 23.7 Å². The van der Waals surface area contributed by atoms with Crippen LogP contribution >= 0.6 is 0 Å². The largest absolute Gasteiger partial charge is 0.439 e. The van der Waals surface area contributed by atoms with Gasteiger partial charge in [-0.2, -0.15) is 4.98 Å². The van der Waals surface area contributed by atoms with Crippen molar-refractivity contribution in [1.29, 1.82) is 0 Å². The van der Waals surface area contributed by atoms with Gasteiger partial charge in [0.1, 0.15) is 0 Å². The van der Waals surface area contributed by atoms with E-state index in [0.717, 1.165) is 11.3 Å². The number of aromatic nitrogens is 2. The third-order valence-corrected chi connectivity index (χ3v) is 1.93. The molecule has 2 rings (SSSR count). The molecule has 14 heavy (non-hydrogen) atoms. The van der Waals surface area contributed by atoms with Crippen molar-refractivity contribution in [2.45, 2.75) is 26.3 Å². The second-order valence-electron chi connectivity index (χ2n) is 3.56. The summed E-state index contributed by atoms with van der Waals surface area (Å²) in [5.41, 5.74) is 7.99. The molecule has 74 valence electrons. The lowest BCUT2D eigenvalue weighted by atomic mass is 10.2. The summed E-state index contributed by atoms with van der Waals surface area (Å²) in [6.45, 7) is 3.85. The molecule has 1 atom stereocenters. The standard InChI is InChI=1S/C10H13N3O/c1-6(11)5-9-13-10-8(14-9)4-3-7(2)12-10/h3-4,6H,5,11H2,1-2H3. The van der Waals surface area contributed by atoms with Crippen molar-refractivity contribution < 1.29 is 4.42 Å². The Morgan fingerprint density at radius 3 is 2.93 bits per heavy atom. The van der Waals surface area contributed by atoms with Gasteiger partial charge >= 0.3 is 0 Å². The minimum atomic E-state index is 0.0594. The van der Waals surface area contributed by atoms with Gasteiger partial charge in [0.25, 0.3) is 0 Å². The number of hydrogen-bond donors (Lipinski definition) is 1. The van der Waals surface area contributed by atoms with Crippen LogP contribution in [0.2, 0.25) is 0 Å². The lowest BCUT2D eigenvalue weighted by molar-refractivity contribution is 0.507. The van der Waals surface area contributed by atoms with Crippen molar-refractivity contribution in [1.82, 2.24) is 9.97 Å². The Morgan fingerprint density at radius 1 is 1.43 bits per heavy atom. The molecule has 2 aromatic heterocycles.